The molecule has 1 aromatic heterocycles. The van der Waals surface area contributed by atoms with Crippen LogP contribution in [0.2, 0.25) is 5.02 Å². The van der Waals surface area contributed by atoms with Crippen molar-refractivity contribution in [1.82, 2.24) is 19.8 Å². The van der Waals surface area contributed by atoms with Crippen molar-refractivity contribution in [3.63, 3.8) is 0 Å². The van der Waals surface area contributed by atoms with E-state index in [1.807, 2.05) is 41.9 Å². The third-order valence-corrected chi connectivity index (χ3v) is 7.94. The maximum atomic E-state index is 14.1. The Kier molecular flexibility index (Phi) is 7.68. The van der Waals surface area contributed by atoms with Crippen LogP contribution in [0.1, 0.15) is 29.2 Å². The normalized spacial score (nSPS) is 17.0. The molecule has 0 spiro atoms. The molecule has 1 fully saturated rings. The summed E-state index contributed by atoms with van der Waals surface area (Å²) in [5, 5.41) is 2.57. The van der Waals surface area contributed by atoms with Crippen LogP contribution in [0.25, 0.3) is 11.4 Å². The minimum absolute atomic E-state index is 0.00648. The summed E-state index contributed by atoms with van der Waals surface area (Å²) in [7, 11) is 3.56. The number of benzene rings is 3. The molecule has 2 aliphatic heterocycles. The van der Waals surface area contributed by atoms with E-state index in [0.717, 1.165) is 29.1 Å². The zero-order chi connectivity index (χ0) is 29.4. The Labute approximate surface area is 247 Å². The standard InChI is InChI=1S/C31H29ClFN5O4/c1-36-28(38-13-12-27(39)35-31(38)40)15-34-30(36)20-8-9-21-17-37(26(18-41-2)23(21)14-20)16-19-6-10-22(11-7-19)42-29-24(32)4-3-5-25(29)33/h3-11,14-15,26H,12-13,16-18H2,1-2H3,(H,35,39,40)/t26-/m0/s1. The van der Waals surface area contributed by atoms with Gasteiger partial charge in [-0.1, -0.05) is 41.9 Å². The third kappa shape index (κ3) is 5.36. The van der Waals surface area contributed by atoms with Crippen molar-refractivity contribution in [2.75, 3.05) is 25.2 Å². The molecule has 42 heavy (non-hydrogen) atoms. The van der Waals surface area contributed by atoms with Crippen LogP contribution in [0.15, 0.2) is 66.9 Å². The Morgan fingerprint density at radius 1 is 1.12 bits per heavy atom. The number of nitrogens with one attached hydrogen (secondary N) is 1. The first-order valence-electron chi connectivity index (χ1n) is 13.5. The number of carbonyl (C=O) groups is 2. The van der Waals surface area contributed by atoms with Gasteiger partial charge in [0.15, 0.2) is 11.6 Å². The van der Waals surface area contributed by atoms with Crippen LogP contribution >= 0.6 is 11.6 Å². The van der Waals surface area contributed by atoms with Gasteiger partial charge in [0.1, 0.15) is 17.4 Å². The Morgan fingerprint density at radius 2 is 1.93 bits per heavy atom. The smallest absolute Gasteiger partial charge is 0.329 e. The topological polar surface area (TPSA) is 88.9 Å². The molecule has 2 aliphatic rings. The van der Waals surface area contributed by atoms with E-state index in [2.05, 4.69) is 27.3 Å². The molecule has 3 heterocycles. The quantitative estimate of drug-likeness (QED) is 0.279. The van der Waals surface area contributed by atoms with Crippen LogP contribution in [0, 0.1) is 5.82 Å². The van der Waals surface area contributed by atoms with Gasteiger partial charge in [-0.2, -0.15) is 0 Å². The number of halogens is 2. The van der Waals surface area contributed by atoms with Crippen molar-refractivity contribution in [3.05, 3.63) is 94.4 Å². The van der Waals surface area contributed by atoms with Crippen LogP contribution in [0.4, 0.5) is 15.0 Å². The number of hydrogen-bond acceptors (Lipinski definition) is 6. The molecule has 1 N–H and O–H groups in total. The lowest BCUT2D eigenvalue weighted by Crippen LogP contribution is -2.50. The van der Waals surface area contributed by atoms with Crippen LogP contribution in [0.5, 0.6) is 11.5 Å². The van der Waals surface area contributed by atoms with E-state index in [1.165, 1.54) is 22.6 Å². The summed E-state index contributed by atoms with van der Waals surface area (Å²) in [4.78, 5) is 32.5. The maximum absolute atomic E-state index is 14.1. The van der Waals surface area contributed by atoms with Gasteiger partial charge >= 0.3 is 6.03 Å². The highest BCUT2D eigenvalue weighted by atomic mass is 35.5. The lowest BCUT2D eigenvalue weighted by molar-refractivity contribution is -0.120. The number of anilines is 1. The maximum Gasteiger partial charge on any atom is 0.329 e. The lowest BCUT2D eigenvalue weighted by Gasteiger charge is -2.26. The highest BCUT2D eigenvalue weighted by Crippen LogP contribution is 2.38. The Bertz CT molecular complexity index is 1640. The summed E-state index contributed by atoms with van der Waals surface area (Å²) in [6.07, 6.45) is 1.90. The van der Waals surface area contributed by atoms with Gasteiger partial charge in [0, 0.05) is 45.8 Å². The number of carbonyl (C=O) groups excluding carboxylic acids is 2. The van der Waals surface area contributed by atoms with Gasteiger partial charge in [-0.05, 0) is 47.0 Å². The van der Waals surface area contributed by atoms with Crippen LogP contribution in [0.3, 0.4) is 0 Å². The molecule has 3 amide bonds. The van der Waals surface area contributed by atoms with E-state index in [4.69, 9.17) is 21.1 Å². The molecule has 0 unspecified atom stereocenters. The molecule has 1 atom stereocenters. The number of nitrogens with zero attached hydrogens (tertiary/aromatic N) is 4. The van der Waals surface area contributed by atoms with Gasteiger partial charge < -0.3 is 14.0 Å². The molecular formula is C31H29ClFN5O4. The molecule has 1 saturated heterocycles. The van der Waals surface area contributed by atoms with Gasteiger partial charge in [0.2, 0.25) is 5.91 Å². The van der Waals surface area contributed by atoms with Gasteiger partial charge in [-0.15, -0.1) is 0 Å². The van der Waals surface area contributed by atoms with Crippen molar-refractivity contribution in [1.29, 1.82) is 0 Å². The number of para-hydroxylation sites is 1. The molecule has 0 radical (unpaired) electrons. The zero-order valence-corrected chi connectivity index (χ0v) is 23.9. The highest BCUT2D eigenvalue weighted by Gasteiger charge is 2.32. The molecule has 4 aromatic rings. The van der Waals surface area contributed by atoms with E-state index in [9.17, 15) is 14.0 Å². The monoisotopic (exact) mass is 589 g/mol. The predicted octanol–water partition coefficient (Wildman–Crippen LogP) is 5.82. The van der Waals surface area contributed by atoms with Gasteiger partial charge in [0.05, 0.1) is 23.9 Å². The van der Waals surface area contributed by atoms with Crippen molar-refractivity contribution in [3.8, 4) is 22.9 Å². The largest absolute Gasteiger partial charge is 0.453 e. The first-order chi connectivity index (χ1) is 20.3. The van der Waals surface area contributed by atoms with E-state index >= 15 is 0 Å². The van der Waals surface area contributed by atoms with Gasteiger partial charge in [0.25, 0.3) is 0 Å². The van der Waals surface area contributed by atoms with E-state index in [-0.39, 0.29) is 29.1 Å². The molecule has 216 valence electrons. The summed E-state index contributed by atoms with van der Waals surface area (Å²) in [6, 6.07) is 17.8. The summed E-state index contributed by atoms with van der Waals surface area (Å²) >= 11 is 6.10. The number of hydrogen-bond donors (Lipinski definition) is 1. The average molecular weight is 590 g/mol. The number of methoxy groups -OCH3 is 1. The Balaban J connectivity index is 1.20. The summed E-state index contributed by atoms with van der Waals surface area (Å²) in [5.41, 5.74) is 4.36. The second-order valence-corrected chi connectivity index (χ2v) is 10.7. The summed E-state index contributed by atoms with van der Waals surface area (Å²) < 4.78 is 27.3. The molecule has 0 bridgehead atoms. The highest BCUT2D eigenvalue weighted by molar-refractivity contribution is 6.32. The first-order valence-corrected chi connectivity index (χ1v) is 13.9. The number of fused-ring (bicyclic) bond motifs is 1. The van der Waals surface area contributed by atoms with Crippen LogP contribution in [-0.2, 0) is 29.7 Å². The van der Waals surface area contributed by atoms with Gasteiger partial charge in [-0.3, -0.25) is 19.9 Å². The molecule has 0 saturated carbocycles. The van der Waals surface area contributed by atoms with Crippen LogP contribution in [-0.4, -0.2) is 46.7 Å². The molecule has 0 aliphatic carbocycles. The lowest BCUT2D eigenvalue weighted by atomic mass is 10.0. The number of ether oxygens (including phenoxy) is 2. The molecular weight excluding hydrogens is 561 g/mol. The van der Waals surface area contributed by atoms with Crippen molar-refractivity contribution in [2.24, 2.45) is 7.05 Å². The Morgan fingerprint density at radius 3 is 2.67 bits per heavy atom. The predicted molar refractivity (Wildman–Crippen MR) is 156 cm³/mol. The zero-order valence-electron chi connectivity index (χ0n) is 23.1. The minimum atomic E-state index is -0.515. The van der Waals surface area contributed by atoms with E-state index in [1.54, 1.807) is 19.4 Å². The Hall–Kier alpha value is -4.25. The third-order valence-electron chi connectivity index (χ3n) is 7.64. The SMILES string of the molecule is COC[C@H]1c2cc(-c3ncc(N4CCC(=O)NC4=O)n3C)ccc2CN1Cc1ccc(Oc2c(F)cccc2Cl)cc1. The summed E-state index contributed by atoms with van der Waals surface area (Å²) in [6.45, 7) is 2.24. The fourth-order valence-electron chi connectivity index (χ4n) is 5.53. The number of amides is 3. The average Bonchev–Trinajstić information content (AvgIpc) is 3.51. The number of aromatic nitrogens is 2. The van der Waals surface area contributed by atoms with Crippen molar-refractivity contribution in [2.45, 2.75) is 25.6 Å². The van der Waals surface area contributed by atoms with E-state index in [0.29, 0.717) is 31.3 Å². The van der Waals surface area contributed by atoms with Crippen molar-refractivity contribution >= 4 is 29.4 Å². The number of imide groups is 1. The second-order valence-electron chi connectivity index (χ2n) is 10.3. The fourth-order valence-corrected chi connectivity index (χ4v) is 5.73. The fraction of sp³-hybridized carbons (Fsp3) is 0.258. The van der Waals surface area contributed by atoms with Crippen molar-refractivity contribution < 1.29 is 23.5 Å². The first kappa shape index (κ1) is 27.9. The van der Waals surface area contributed by atoms with Gasteiger partial charge in [-0.25, -0.2) is 14.2 Å². The number of imidazole rings is 1. The molecule has 11 heteroatoms. The molecule has 9 nitrogen and oxygen atoms in total. The van der Waals surface area contributed by atoms with Crippen LogP contribution < -0.4 is 15.0 Å². The molecule has 3 aromatic carbocycles. The van der Waals surface area contributed by atoms with E-state index < -0.39 is 11.8 Å². The number of rotatable bonds is 8. The number of urea groups is 1. The summed E-state index contributed by atoms with van der Waals surface area (Å²) in [5.74, 6) is 1.05. The minimum Gasteiger partial charge on any atom is -0.453 e. The second kappa shape index (κ2) is 11.6. The molecule has 6 rings (SSSR count).